The lowest BCUT2D eigenvalue weighted by atomic mass is 9.95. The van der Waals surface area contributed by atoms with Crippen LogP contribution in [0.5, 0.6) is 0 Å². The zero-order chi connectivity index (χ0) is 12.7. The Kier molecular flexibility index (Phi) is 2.42. The highest BCUT2D eigenvalue weighted by Gasteiger charge is 2.12. The first kappa shape index (κ1) is 10.8. The van der Waals surface area contributed by atoms with Gasteiger partial charge in [-0.2, -0.15) is 0 Å². The number of hydrogen-bond acceptors (Lipinski definition) is 2. The SMILES string of the molecule is c1ccc2c(-c3ccc4c(c3)CCNC4)coc2c1. The van der Waals surface area contributed by atoms with E-state index in [-0.39, 0.29) is 0 Å². The van der Waals surface area contributed by atoms with Crippen LogP contribution in [0.15, 0.2) is 53.1 Å². The van der Waals surface area contributed by atoms with Crippen molar-refractivity contribution in [2.75, 3.05) is 6.54 Å². The molecule has 0 fully saturated rings. The molecule has 0 aliphatic carbocycles. The number of benzene rings is 2. The lowest BCUT2D eigenvalue weighted by Gasteiger charge is -2.17. The van der Waals surface area contributed by atoms with Gasteiger partial charge in [0.1, 0.15) is 5.58 Å². The predicted molar refractivity (Wildman–Crippen MR) is 77.1 cm³/mol. The molecule has 19 heavy (non-hydrogen) atoms. The second-order valence-electron chi connectivity index (χ2n) is 5.06. The Morgan fingerprint density at radius 3 is 2.95 bits per heavy atom. The van der Waals surface area contributed by atoms with E-state index in [2.05, 4.69) is 35.6 Å². The Morgan fingerprint density at radius 1 is 1.00 bits per heavy atom. The molecule has 94 valence electrons. The normalized spacial score (nSPS) is 14.5. The van der Waals surface area contributed by atoms with E-state index in [4.69, 9.17) is 4.42 Å². The van der Waals surface area contributed by atoms with Crippen LogP contribution in [0.1, 0.15) is 11.1 Å². The Balaban J connectivity index is 1.88. The van der Waals surface area contributed by atoms with Crippen LogP contribution in [0.25, 0.3) is 22.1 Å². The molecule has 0 saturated heterocycles. The summed E-state index contributed by atoms with van der Waals surface area (Å²) < 4.78 is 5.64. The van der Waals surface area contributed by atoms with Crippen molar-refractivity contribution in [2.45, 2.75) is 13.0 Å². The molecule has 3 aromatic rings. The van der Waals surface area contributed by atoms with Crippen molar-refractivity contribution in [3.63, 3.8) is 0 Å². The molecule has 0 spiro atoms. The van der Waals surface area contributed by atoms with E-state index in [1.165, 1.54) is 27.6 Å². The molecule has 2 heteroatoms. The molecule has 2 nitrogen and oxygen atoms in total. The highest BCUT2D eigenvalue weighted by Crippen LogP contribution is 2.32. The summed E-state index contributed by atoms with van der Waals surface area (Å²) in [5, 5.41) is 4.60. The first-order valence-corrected chi connectivity index (χ1v) is 6.71. The van der Waals surface area contributed by atoms with E-state index in [1.807, 2.05) is 18.4 Å². The summed E-state index contributed by atoms with van der Waals surface area (Å²) in [7, 11) is 0. The lowest BCUT2D eigenvalue weighted by Crippen LogP contribution is -2.23. The topological polar surface area (TPSA) is 25.2 Å². The summed E-state index contributed by atoms with van der Waals surface area (Å²) in [5.41, 5.74) is 6.28. The monoisotopic (exact) mass is 249 g/mol. The highest BCUT2D eigenvalue weighted by atomic mass is 16.3. The van der Waals surface area contributed by atoms with Gasteiger partial charge in [-0.05, 0) is 35.7 Å². The fourth-order valence-corrected chi connectivity index (χ4v) is 2.85. The van der Waals surface area contributed by atoms with Crippen molar-refractivity contribution in [3.8, 4) is 11.1 Å². The van der Waals surface area contributed by atoms with Crippen molar-refractivity contribution in [3.05, 3.63) is 59.9 Å². The van der Waals surface area contributed by atoms with Gasteiger partial charge in [0.15, 0.2) is 0 Å². The number of furan rings is 1. The summed E-state index contributed by atoms with van der Waals surface area (Å²) in [4.78, 5) is 0. The Morgan fingerprint density at radius 2 is 1.95 bits per heavy atom. The molecular formula is C17H15NO. The zero-order valence-corrected chi connectivity index (χ0v) is 10.6. The second-order valence-corrected chi connectivity index (χ2v) is 5.06. The first-order chi connectivity index (χ1) is 9.42. The third kappa shape index (κ3) is 1.76. The van der Waals surface area contributed by atoms with Crippen molar-refractivity contribution < 1.29 is 4.42 Å². The van der Waals surface area contributed by atoms with E-state index >= 15 is 0 Å². The molecule has 2 heterocycles. The van der Waals surface area contributed by atoms with Crippen LogP contribution in [0.4, 0.5) is 0 Å². The minimum atomic E-state index is 0.955. The number of nitrogens with one attached hydrogen (secondary N) is 1. The third-order valence-electron chi connectivity index (χ3n) is 3.88. The fourth-order valence-electron chi connectivity index (χ4n) is 2.85. The number of hydrogen-bond donors (Lipinski definition) is 1. The zero-order valence-electron chi connectivity index (χ0n) is 10.6. The molecule has 1 N–H and O–H groups in total. The quantitative estimate of drug-likeness (QED) is 0.710. The Labute approximate surface area is 112 Å². The average molecular weight is 249 g/mol. The largest absolute Gasteiger partial charge is 0.464 e. The second kappa shape index (κ2) is 4.25. The van der Waals surface area contributed by atoms with Gasteiger partial charge in [-0.3, -0.25) is 0 Å². The molecule has 1 aromatic heterocycles. The minimum absolute atomic E-state index is 0.955. The van der Waals surface area contributed by atoms with Gasteiger partial charge in [0.25, 0.3) is 0 Å². The molecule has 0 saturated carbocycles. The number of fused-ring (bicyclic) bond motifs is 2. The third-order valence-corrected chi connectivity index (χ3v) is 3.88. The average Bonchev–Trinajstić information content (AvgIpc) is 2.91. The van der Waals surface area contributed by atoms with Gasteiger partial charge < -0.3 is 9.73 Å². The van der Waals surface area contributed by atoms with Crippen LogP contribution in [-0.2, 0) is 13.0 Å². The van der Waals surface area contributed by atoms with Crippen LogP contribution >= 0.6 is 0 Å². The predicted octanol–water partition coefficient (Wildman–Crippen LogP) is 3.75. The van der Waals surface area contributed by atoms with Gasteiger partial charge in [0.05, 0.1) is 6.26 Å². The molecule has 0 radical (unpaired) electrons. The molecular weight excluding hydrogens is 234 g/mol. The summed E-state index contributed by atoms with van der Waals surface area (Å²) in [6.45, 7) is 2.06. The van der Waals surface area contributed by atoms with Crippen molar-refractivity contribution in [1.29, 1.82) is 0 Å². The van der Waals surface area contributed by atoms with Crippen LogP contribution in [0.3, 0.4) is 0 Å². The Bertz CT molecular complexity index is 742. The van der Waals surface area contributed by atoms with Crippen molar-refractivity contribution in [1.82, 2.24) is 5.32 Å². The molecule has 1 aliphatic heterocycles. The summed E-state index contributed by atoms with van der Waals surface area (Å²) >= 11 is 0. The number of rotatable bonds is 1. The van der Waals surface area contributed by atoms with Gasteiger partial charge in [-0.25, -0.2) is 0 Å². The highest BCUT2D eigenvalue weighted by molar-refractivity contribution is 5.94. The standard InChI is InChI=1S/C17H15NO/c1-2-4-17-15(3-1)16(11-19-17)13-5-6-14-10-18-8-7-12(14)9-13/h1-6,9,11,18H,7-8,10H2. The lowest BCUT2D eigenvalue weighted by molar-refractivity contribution is 0.617. The minimum Gasteiger partial charge on any atom is -0.464 e. The van der Waals surface area contributed by atoms with E-state index in [0.29, 0.717) is 0 Å². The summed E-state index contributed by atoms with van der Waals surface area (Å²) in [6.07, 6.45) is 2.98. The Hall–Kier alpha value is -2.06. The smallest absolute Gasteiger partial charge is 0.134 e. The van der Waals surface area contributed by atoms with Crippen LogP contribution in [0.2, 0.25) is 0 Å². The van der Waals surface area contributed by atoms with Gasteiger partial charge in [-0.15, -0.1) is 0 Å². The molecule has 0 unspecified atom stereocenters. The molecule has 0 amide bonds. The molecule has 0 atom stereocenters. The van der Waals surface area contributed by atoms with Crippen LogP contribution in [-0.4, -0.2) is 6.54 Å². The van der Waals surface area contributed by atoms with Gasteiger partial charge >= 0.3 is 0 Å². The number of para-hydroxylation sites is 1. The van der Waals surface area contributed by atoms with E-state index in [1.54, 1.807) is 0 Å². The van der Waals surface area contributed by atoms with E-state index < -0.39 is 0 Å². The molecule has 0 bridgehead atoms. The maximum Gasteiger partial charge on any atom is 0.134 e. The van der Waals surface area contributed by atoms with Crippen LogP contribution in [0, 0.1) is 0 Å². The molecule has 4 rings (SSSR count). The van der Waals surface area contributed by atoms with Gasteiger partial charge in [0, 0.05) is 17.5 Å². The molecule has 1 aliphatic rings. The van der Waals surface area contributed by atoms with Gasteiger partial charge in [0.2, 0.25) is 0 Å². The van der Waals surface area contributed by atoms with Crippen molar-refractivity contribution in [2.24, 2.45) is 0 Å². The summed E-state index contributed by atoms with van der Waals surface area (Å²) in [5.74, 6) is 0. The maximum absolute atomic E-state index is 5.64. The van der Waals surface area contributed by atoms with Crippen LogP contribution < -0.4 is 5.32 Å². The van der Waals surface area contributed by atoms with Gasteiger partial charge in [-0.1, -0.05) is 36.4 Å². The van der Waals surface area contributed by atoms with E-state index in [0.717, 1.165) is 25.1 Å². The summed E-state index contributed by atoms with van der Waals surface area (Å²) in [6, 6.07) is 14.9. The maximum atomic E-state index is 5.64. The van der Waals surface area contributed by atoms with E-state index in [9.17, 15) is 0 Å². The first-order valence-electron chi connectivity index (χ1n) is 6.71. The van der Waals surface area contributed by atoms with Crippen molar-refractivity contribution >= 4 is 11.0 Å². The fraction of sp³-hybridized carbons (Fsp3) is 0.176. The molecule has 2 aromatic carbocycles.